The van der Waals surface area contributed by atoms with E-state index in [-0.39, 0.29) is 6.03 Å². The molecule has 120 valence electrons. The average Bonchev–Trinajstić information content (AvgIpc) is 3.26. The van der Waals surface area contributed by atoms with Crippen molar-refractivity contribution < 1.29 is 4.79 Å². The summed E-state index contributed by atoms with van der Waals surface area (Å²) in [6, 6.07) is 3.53. The zero-order valence-electron chi connectivity index (χ0n) is 12.9. The molecule has 9 heteroatoms. The largest absolute Gasteiger partial charge is 0.332 e. The van der Waals surface area contributed by atoms with Gasteiger partial charge in [-0.15, -0.1) is 0 Å². The minimum atomic E-state index is -0.309. The Hall–Kier alpha value is -2.68. The molecule has 3 heterocycles. The van der Waals surface area contributed by atoms with Crippen LogP contribution >= 0.6 is 11.3 Å². The molecule has 0 atom stereocenters. The van der Waals surface area contributed by atoms with E-state index >= 15 is 0 Å². The molecule has 0 bridgehead atoms. The molecule has 0 radical (unpaired) electrons. The second-order valence-electron chi connectivity index (χ2n) is 4.88. The van der Waals surface area contributed by atoms with E-state index < -0.39 is 0 Å². The van der Waals surface area contributed by atoms with E-state index in [9.17, 15) is 4.79 Å². The van der Waals surface area contributed by atoms with Gasteiger partial charge in [0.05, 0.1) is 25.0 Å². The molecule has 0 saturated heterocycles. The summed E-state index contributed by atoms with van der Waals surface area (Å²) in [4.78, 5) is 13.6. The third-order valence-electron chi connectivity index (χ3n) is 3.24. The molecule has 8 nitrogen and oxygen atoms in total. The van der Waals surface area contributed by atoms with Crippen LogP contribution in [0.25, 0.3) is 11.3 Å². The quantitative estimate of drug-likeness (QED) is 0.749. The van der Waals surface area contributed by atoms with E-state index in [4.69, 9.17) is 0 Å². The molecule has 3 rings (SSSR count). The topological polar surface area (TPSA) is 89.7 Å². The van der Waals surface area contributed by atoms with Crippen LogP contribution in [0.1, 0.15) is 12.6 Å². The van der Waals surface area contributed by atoms with Gasteiger partial charge in [0.15, 0.2) is 0 Å². The number of rotatable bonds is 5. The number of urea groups is 1. The highest BCUT2D eigenvalue weighted by molar-refractivity contribution is 7.08. The number of thiophene rings is 1. The first-order valence-corrected chi connectivity index (χ1v) is 8.10. The number of hydrogen-bond donors (Lipinski definition) is 2. The number of aryl methyl sites for hydroxylation is 2. The molecule has 0 fully saturated rings. The fourth-order valence-corrected chi connectivity index (χ4v) is 2.68. The van der Waals surface area contributed by atoms with Gasteiger partial charge in [0.25, 0.3) is 0 Å². The smallest absolute Gasteiger partial charge is 0.320 e. The minimum absolute atomic E-state index is 0.309. The molecule has 0 spiro atoms. The number of anilines is 1. The molecule has 0 aliphatic rings. The zero-order valence-corrected chi connectivity index (χ0v) is 13.7. The summed E-state index contributed by atoms with van der Waals surface area (Å²) < 4.78 is 1.64. The van der Waals surface area contributed by atoms with Gasteiger partial charge < -0.3 is 5.32 Å². The monoisotopic (exact) mass is 331 g/mol. The number of nitrogens with zero attached hydrogens (tertiary/aromatic N) is 5. The van der Waals surface area contributed by atoms with Crippen molar-refractivity contribution in [1.29, 1.82) is 0 Å². The van der Waals surface area contributed by atoms with Gasteiger partial charge >= 0.3 is 6.03 Å². The Kier molecular flexibility index (Phi) is 4.38. The Morgan fingerprint density at radius 1 is 1.39 bits per heavy atom. The summed E-state index contributed by atoms with van der Waals surface area (Å²) in [5.74, 6) is 0.626. The van der Waals surface area contributed by atoms with Crippen LogP contribution in [0.2, 0.25) is 0 Å². The predicted molar refractivity (Wildman–Crippen MR) is 88.1 cm³/mol. The summed E-state index contributed by atoms with van der Waals surface area (Å²) in [5.41, 5.74) is 2.58. The van der Waals surface area contributed by atoms with E-state index in [0.29, 0.717) is 24.6 Å². The van der Waals surface area contributed by atoms with E-state index in [1.165, 1.54) is 0 Å². The first-order valence-electron chi connectivity index (χ1n) is 7.16. The molecule has 0 aliphatic heterocycles. The predicted octanol–water partition coefficient (Wildman–Crippen LogP) is 2.08. The second kappa shape index (κ2) is 6.61. The van der Waals surface area contributed by atoms with Gasteiger partial charge in [0.1, 0.15) is 11.5 Å². The highest BCUT2D eigenvalue weighted by Gasteiger charge is 2.10. The number of carbonyl (C=O) groups excluding carboxylic acids is 1. The van der Waals surface area contributed by atoms with Crippen molar-refractivity contribution in [2.75, 3.05) is 5.32 Å². The van der Waals surface area contributed by atoms with Crippen LogP contribution in [0.5, 0.6) is 0 Å². The van der Waals surface area contributed by atoms with Gasteiger partial charge in [-0.3, -0.25) is 10.00 Å². The van der Waals surface area contributed by atoms with Crippen molar-refractivity contribution in [1.82, 2.24) is 30.1 Å². The molecule has 23 heavy (non-hydrogen) atoms. The van der Waals surface area contributed by atoms with Crippen LogP contribution in [0, 0.1) is 0 Å². The first kappa shape index (κ1) is 15.2. The lowest BCUT2D eigenvalue weighted by atomic mass is 10.2. The third-order valence-corrected chi connectivity index (χ3v) is 3.92. The van der Waals surface area contributed by atoms with Crippen LogP contribution in [-0.4, -0.2) is 30.8 Å². The third kappa shape index (κ3) is 3.57. The number of hydrogen-bond acceptors (Lipinski definition) is 5. The molecule has 2 N–H and O–H groups in total. The fraction of sp³-hybridized carbons (Fsp3) is 0.286. The van der Waals surface area contributed by atoms with Crippen LogP contribution in [-0.2, 0) is 20.1 Å². The number of nitrogens with one attached hydrogen (secondary N) is 2. The molecule has 3 aromatic rings. The molecule has 0 unspecified atom stereocenters. The zero-order chi connectivity index (χ0) is 16.2. The Balaban J connectivity index is 1.59. The van der Waals surface area contributed by atoms with Gasteiger partial charge in [-0.1, -0.05) is 0 Å². The maximum absolute atomic E-state index is 12.0. The van der Waals surface area contributed by atoms with Crippen LogP contribution in [0.4, 0.5) is 10.6 Å². The lowest BCUT2D eigenvalue weighted by molar-refractivity contribution is 0.251. The maximum atomic E-state index is 12.0. The van der Waals surface area contributed by atoms with Crippen molar-refractivity contribution >= 4 is 23.2 Å². The number of amides is 2. The van der Waals surface area contributed by atoms with E-state index in [1.807, 2.05) is 29.8 Å². The summed E-state index contributed by atoms with van der Waals surface area (Å²) in [5, 5.41) is 22.2. The standard InChI is InChI=1S/C14H17N7OS/c1-3-21-16-8-11(18-21)7-15-14(22)17-13-6-12(19-20(13)2)10-4-5-23-9-10/h4-6,8-9H,3,7H2,1-2H3,(H2,15,17,22). The van der Waals surface area contributed by atoms with Crippen molar-refractivity contribution in [3.8, 4) is 11.3 Å². The van der Waals surface area contributed by atoms with E-state index in [2.05, 4.69) is 25.9 Å². The second-order valence-corrected chi connectivity index (χ2v) is 5.66. The Bertz CT molecular complexity index is 790. The molecule has 2 amide bonds. The lowest BCUT2D eigenvalue weighted by Crippen LogP contribution is -2.29. The number of carbonyl (C=O) groups is 1. The maximum Gasteiger partial charge on any atom is 0.320 e. The summed E-state index contributed by atoms with van der Waals surface area (Å²) >= 11 is 1.61. The summed E-state index contributed by atoms with van der Waals surface area (Å²) in [6.07, 6.45) is 1.64. The Labute approximate surface area is 137 Å². The highest BCUT2D eigenvalue weighted by Crippen LogP contribution is 2.23. The van der Waals surface area contributed by atoms with Crippen LogP contribution in [0.15, 0.2) is 29.1 Å². The number of aromatic nitrogens is 5. The van der Waals surface area contributed by atoms with Gasteiger partial charge in [-0.2, -0.15) is 31.4 Å². The van der Waals surface area contributed by atoms with Gasteiger partial charge in [-0.25, -0.2) is 4.79 Å². The average molecular weight is 331 g/mol. The van der Waals surface area contributed by atoms with Gasteiger partial charge in [-0.05, 0) is 18.4 Å². The van der Waals surface area contributed by atoms with Gasteiger partial charge in [0, 0.05) is 24.1 Å². The molecule has 0 aliphatic carbocycles. The summed E-state index contributed by atoms with van der Waals surface area (Å²) in [7, 11) is 1.79. The Morgan fingerprint density at radius 2 is 2.26 bits per heavy atom. The fourth-order valence-electron chi connectivity index (χ4n) is 2.03. The normalized spacial score (nSPS) is 10.7. The van der Waals surface area contributed by atoms with E-state index in [0.717, 1.165) is 11.3 Å². The van der Waals surface area contributed by atoms with Crippen LogP contribution in [0.3, 0.4) is 0 Å². The molecule has 0 saturated carbocycles. The van der Waals surface area contributed by atoms with Crippen molar-refractivity contribution in [3.05, 3.63) is 34.8 Å². The van der Waals surface area contributed by atoms with Crippen molar-refractivity contribution in [2.24, 2.45) is 7.05 Å². The first-order chi connectivity index (χ1) is 11.2. The lowest BCUT2D eigenvalue weighted by Gasteiger charge is -2.05. The Morgan fingerprint density at radius 3 is 2.96 bits per heavy atom. The molecule has 3 aromatic heterocycles. The highest BCUT2D eigenvalue weighted by atomic mass is 32.1. The molecular weight excluding hydrogens is 314 g/mol. The minimum Gasteiger partial charge on any atom is -0.332 e. The van der Waals surface area contributed by atoms with Crippen molar-refractivity contribution in [3.63, 3.8) is 0 Å². The SMILES string of the molecule is CCn1ncc(CNC(=O)Nc2cc(-c3ccsc3)nn2C)n1. The van der Waals surface area contributed by atoms with Crippen molar-refractivity contribution in [2.45, 2.75) is 20.0 Å². The molecular formula is C14H17N7OS. The molecule has 0 aromatic carbocycles. The van der Waals surface area contributed by atoms with Gasteiger partial charge in [0.2, 0.25) is 0 Å². The summed E-state index contributed by atoms with van der Waals surface area (Å²) in [6.45, 7) is 2.98. The van der Waals surface area contributed by atoms with E-state index in [1.54, 1.807) is 34.1 Å². The van der Waals surface area contributed by atoms with Crippen LogP contribution < -0.4 is 10.6 Å².